The summed E-state index contributed by atoms with van der Waals surface area (Å²) < 4.78 is 34.6. The molecule has 0 aromatic carbocycles. The van der Waals surface area contributed by atoms with Crippen LogP contribution in [0.4, 0.5) is 0 Å². The number of aliphatic hydroxyl groups excluding tert-OH is 1. The van der Waals surface area contributed by atoms with Gasteiger partial charge in [-0.25, -0.2) is 0 Å². The van der Waals surface area contributed by atoms with Gasteiger partial charge in [0, 0.05) is 33.1 Å². The van der Waals surface area contributed by atoms with E-state index >= 15 is 0 Å². The predicted molar refractivity (Wildman–Crippen MR) is 255 cm³/mol. The van der Waals surface area contributed by atoms with Crippen LogP contribution in [-0.2, 0) is 52.4 Å². The van der Waals surface area contributed by atoms with Gasteiger partial charge in [0.15, 0.2) is 30.4 Å². The molecule has 1 N–H and O–H groups in total. The highest BCUT2D eigenvalue weighted by atomic mass is 16.7. The van der Waals surface area contributed by atoms with Gasteiger partial charge < -0.3 is 33.5 Å². The van der Waals surface area contributed by atoms with Gasteiger partial charge in [-0.05, 0) is 82.8 Å². The third kappa shape index (κ3) is 16.6. The summed E-state index contributed by atoms with van der Waals surface area (Å²) in [6, 6.07) is 0. The molecule has 0 unspecified atom stereocenters. The van der Waals surface area contributed by atoms with Crippen LogP contribution in [0.25, 0.3) is 0 Å². The van der Waals surface area contributed by atoms with Crippen molar-refractivity contribution in [3.05, 3.63) is 119 Å². The van der Waals surface area contributed by atoms with Crippen LogP contribution in [0.5, 0.6) is 0 Å². The number of hydrogen-bond donors (Lipinski definition) is 1. The molecule has 0 radical (unpaired) electrons. The molecule has 0 spiro atoms. The first-order chi connectivity index (χ1) is 30.7. The molecule has 1 aliphatic heterocycles. The van der Waals surface area contributed by atoms with Gasteiger partial charge in [-0.3, -0.25) is 24.0 Å². The van der Waals surface area contributed by atoms with E-state index in [1.54, 1.807) is 6.08 Å². The van der Waals surface area contributed by atoms with Crippen molar-refractivity contribution in [2.75, 3.05) is 6.61 Å². The zero-order valence-corrected chi connectivity index (χ0v) is 41.6. The number of allylic oxidation sites excluding steroid dienone is 19. The van der Waals surface area contributed by atoms with Crippen molar-refractivity contribution in [1.82, 2.24) is 0 Å². The van der Waals surface area contributed by atoms with Gasteiger partial charge in [0.25, 0.3) is 0 Å². The number of ether oxygens (including phenoxy) is 6. The molecule has 1 heterocycles. The molecule has 12 nitrogen and oxygen atoms in total. The molecule has 3 rings (SSSR count). The van der Waals surface area contributed by atoms with Crippen molar-refractivity contribution >= 4 is 29.7 Å². The normalized spacial score (nSPS) is 28.8. The Kier molecular flexibility index (Phi) is 20.5. The van der Waals surface area contributed by atoms with Crippen LogP contribution >= 0.6 is 0 Å². The second-order valence-electron chi connectivity index (χ2n) is 19.4. The van der Waals surface area contributed by atoms with Gasteiger partial charge in [0.05, 0.1) is 12.2 Å². The highest BCUT2D eigenvalue weighted by Crippen LogP contribution is 2.53. The van der Waals surface area contributed by atoms with Gasteiger partial charge in [-0.2, -0.15) is 0 Å². The number of carbonyl (C=O) groups excluding carboxylic acids is 5. The van der Waals surface area contributed by atoms with Crippen LogP contribution in [0.2, 0.25) is 0 Å². The lowest BCUT2D eigenvalue weighted by Gasteiger charge is -2.46. The first kappa shape index (κ1) is 55.2. The molecule has 362 valence electrons. The minimum absolute atomic E-state index is 0.0555. The predicted octanol–water partition coefficient (Wildman–Crippen LogP) is 9.91. The van der Waals surface area contributed by atoms with Gasteiger partial charge >= 0.3 is 23.9 Å². The lowest BCUT2D eigenvalue weighted by atomic mass is 9.66. The summed E-state index contributed by atoms with van der Waals surface area (Å²) in [6.07, 6.45) is 23.1. The average molecular weight is 915 g/mol. The Morgan fingerprint density at radius 1 is 0.621 bits per heavy atom. The smallest absolute Gasteiger partial charge is 0.303 e. The van der Waals surface area contributed by atoms with Crippen LogP contribution in [0.15, 0.2) is 119 Å². The average Bonchev–Trinajstić information content (AvgIpc) is 3.41. The molecule has 0 aromatic rings. The molecule has 0 aromatic heterocycles. The Balaban J connectivity index is 1.64. The lowest BCUT2D eigenvalue weighted by molar-refractivity contribution is -0.318. The number of hydrogen-bond acceptors (Lipinski definition) is 12. The first-order valence-corrected chi connectivity index (χ1v) is 22.7. The molecule has 0 amide bonds. The third-order valence-corrected chi connectivity index (χ3v) is 12.4. The van der Waals surface area contributed by atoms with E-state index in [9.17, 15) is 29.1 Å². The molecule has 8 atom stereocenters. The summed E-state index contributed by atoms with van der Waals surface area (Å²) in [4.78, 5) is 61.5. The van der Waals surface area contributed by atoms with Crippen LogP contribution in [0, 0.1) is 16.2 Å². The zero-order valence-electron chi connectivity index (χ0n) is 41.6. The fourth-order valence-corrected chi connectivity index (χ4v) is 8.75. The maximum Gasteiger partial charge on any atom is 0.303 e. The molecule has 2 aliphatic carbocycles. The molecule has 1 saturated heterocycles. The van der Waals surface area contributed by atoms with E-state index in [0.29, 0.717) is 25.7 Å². The number of esters is 4. The summed E-state index contributed by atoms with van der Waals surface area (Å²) in [7, 11) is 0. The van der Waals surface area contributed by atoms with Crippen molar-refractivity contribution in [3.8, 4) is 0 Å². The SMILES string of the molecule is CC(=O)OC[C@H]1O[C@@H](O[C@@H]2CC(C)=C(/C=C/C(C)=C/C=C/C(C)=C/C=C/C=C(C)/C=C/C=C(C)/C=C/C(=O)[C@]3(C)C[C@@H](O)CC3(C)C)C(C)(C)C2)[C@H](OC(C)=O)[C@@H](OC(C)=O)[C@@H]1OC(C)=O. The van der Waals surface area contributed by atoms with Gasteiger partial charge in [0.2, 0.25) is 0 Å². The van der Waals surface area contributed by atoms with E-state index < -0.39 is 72.2 Å². The number of rotatable bonds is 18. The van der Waals surface area contributed by atoms with Crippen LogP contribution < -0.4 is 0 Å². The Bertz CT molecular complexity index is 2100. The maximum atomic E-state index is 13.0. The third-order valence-electron chi connectivity index (χ3n) is 12.4. The van der Waals surface area contributed by atoms with Crippen molar-refractivity contribution in [2.45, 2.75) is 166 Å². The quantitative estimate of drug-likeness (QED) is 0.0601. The van der Waals surface area contributed by atoms with Crippen molar-refractivity contribution in [2.24, 2.45) is 16.2 Å². The number of carbonyl (C=O) groups is 5. The van der Waals surface area contributed by atoms with E-state index in [0.717, 1.165) is 33.4 Å². The Hall–Kier alpha value is -5.17. The van der Waals surface area contributed by atoms with Crippen molar-refractivity contribution < 1.29 is 57.5 Å². The van der Waals surface area contributed by atoms with E-state index in [1.165, 1.54) is 27.7 Å². The zero-order chi connectivity index (χ0) is 49.6. The summed E-state index contributed by atoms with van der Waals surface area (Å²) >= 11 is 0. The first-order valence-electron chi connectivity index (χ1n) is 22.7. The van der Waals surface area contributed by atoms with Gasteiger partial charge in [-0.15, -0.1) is 0 Å². The number of aliphatic hydroxyl groups is 1. The number of ketones is 1. The summed E-state index contributed by atoms with van der Waals surface area (Å²) in [5.41, 5.74) is 5.29. The van der Waals surface area contributed by atoms with Crippen LogP contribution in [0.3, 0.4) is 0 Å². The standard InChI is InChI=1S/C54H74O12/c1-34(19-15-16-20-35(2)22-18-24-37(4)26-28-47(60)54(14)31-43(59)30-53(54,12)13)21-17-23-36(3)25-27-45-38(5)29-44(32-52(45,10)11)65-51-50(64-42(9)58)49(63-41(8)57)48(62-40(7)56)46(66-51)33-61-39(6)55/h15-28,43-44,46,48-51,59H,29-33H2,1-14H3/b16-15+,21-17+,22-18+,27-25+,28-26+,34-19+,35-20+,36-23+,37-24+/t43-,44+,46+,48+,49-,50+,51+,54-/m0/s1. The Morgan fingerprint density at radius 2 is 1.12 bits per heavy atom. The lowest BCUT2D eigenvalue weighted by Crippen LogP contribution is -2.63. The second kappa shape index (κ2) is 24.6. The molecule has 2 fully saturated rings. The monoisotopic (exact) mass is 915 g/mol. The fourth-order valence-electron chi connectivity index (χ4n) is 8.75. The minimum Gasteiger partial charge on any atom is -0.463 e. The van der Waals surface area contributed by atoms with E-state index in [2.05, 4.69) is 45.9 Å². The fraction of sp³-hybridized carbons (Fsp3) is 0.537. The molecule has 0 bridgehead atoms. The largest absolute Gasteiger partial charge is 0.463 e. The van der Waals surface area contributed by atoms with Crippen LogP contribution in [0.1, 0.15) is 123 Å². The molecule has 12 heteroatoms. The van der Waals surface area contributed by atoms with E-state index in [4.69, 9.17) is 28.4 Å². The minimum atomic E-state index is -1.30. The highest BCUT2D eigenvalue weighted by Gasteiger charge is 2.54. The highest BCUT2D eigenvalue weighted by molar-refractivity contribution is 5.96. The summed E-state index contributed by atoms with van der Waals surface area (Å²) in [6.45, 7) is 24.9. The molecule has 1 saturated carbocycles. The summed E-state index contributed by atoms with van der Waals surface area (Å²) in [5, 5.41) is 10.2. The van der Waals surface area contributed by atoms with Crippen molar-refractivity contribution in [1.29, 1.82) is 0 Å². The van der Waals surface area contributed by atoms with Gasteiger partial charge in [-0.1, -0.05) is 141 Å². The Morgan fingerprint density at radius 3 is 1.62 bits per heavy atom. The van der Waals surface area contributed by atoms with E-state index in [1.807, 2.05) is 102 Å². The Labute approximate surface area is 392 Å². The molecule has 66 heavy (non-hydrogen) atoms. The molecular formula is C54H74O12. The second-order valence-corrected chi connectivity index (χ2v) is 19.4. The van der Waals surface area contributed by atoms with E-state index in [-0.39, 0.29) is 23.2 Å². The summed E-state index contributed by atoms with van der Waals surface area (Å²) in [5.74, 6) is -2.63. The van der Waals surface area contributed by atoms with Crippen molar-refractivity contribution in [3.63, 3.8) is 0 Å². The topological polar surface area (TPSA) is 161 Å². The van der Waals surface area contributed by atoms with Gasteiger partial charge in [0.1, 0.15) is 12.7 Å². The molecular weight excluding hydrogens is 841 g/mol. The maximum absolute atomic E-state index is 13.0. The molecule has 3 aliphatic rings. The van der Waals surface area contributed by atoms with Crippen LogP contribution in [-0.4, -0.2) is 84.3 Å².